The van der Waals surface area contributed by atoms with Crippen molar-refractivity contribution in [3.8, 4) is 11.5 Å². The van der Waals surface area contributed by atoms with Crippen LogP contribution in [0.3, 0.4) is 0 Å². The van der Waals surface area contributed by atoms with Gasteiger partial charge in [0.05, 0.1) is 5.02 Å². The van der Waals surface area contributed by atoms with E-state index >= 15 is 0 Å². The number of carboxylic acid groups (broad SMARTS) is 1. The van der Waals surface area contributed by atoms with Gasteiger partial charge in [-0.15, -0.1) is 0 Å². The highest BCUT2D eigenvalue weighted by Crippen LogP contribution is 2.33. The molecule has 0 aliphatic heterocycles. The van der Waals surface area contributed by atoms with Gasteiger partial charge in [-0.2, -0.15) is 0 Å². The molecule has 0 bridgehead atoms. The van der Waals surface area contributed by atoms with E-state index in [0.29, 0.717) is 15.2 Å². The molecule has 5 heteroatoms. The average molecular weight is 342 g/mol. The van der Waals surface area contributed by atoms with E-state index in [9.17, 15) is 4.79 Å². The van der Waals surface area contributed by atoms with Gasteiger partial charge in [0, 0.05) is 4.47 Å². The zero-order valence-corrected chi connectivity index (χ0v) is 12.3. The van der Waals surface area contributed by atoms with Gasteiger partial charge in [0.2, 0.25) is 0 Å². The number of hydrogen-bond donors (Lipinski definition) is 1. The van der Waals surface area contributed by atoms with E-state index in [1.807, 2.05) is 13.0 Å². The SMILES string of the molecule is Cc1ccc(Oc2ccc(Br)cc2C(=O)O)c(Cl)c1. The van der Waals surface area contributed by atoms with Gasteiger partial charge in [-0.1, -0.05) is 33.6 Å². The van der Waals surface area contributed by atoms with Crippen LogP contribution in [-0.2, 0) is 0 Å². The Kier molecular flexibility index (Phi) is 4.12. The summed E-state index contributed by atoms with van der Waals surface area (Å²) >= 11 is 9.29. The van der Waals surface area contributed by atoms with Crippen LogP contribution in [0.2, 0.25) is 5.02 Å². The molecule has 1 N–H and O–H groups in total. The van der Waals surface area contributed by atoms with Gasteiger partial charge in [0.25, 0.3) is 0 Å². The molecule has 0 saturated carbocycles. The Balaban J connectivity index is 2.40. The third-order valence-electron chi connectivity index (χ3n) is 2.48. The molecule has 0 aliphatic rings. The molecule has 0 atom stereocenters. The third kappa shape index (κ3) is 3.28. The Labute approximate surface area is 123 Å². The van der Waals surface area contributed by atoms with Crippen molar-refractivity contribution in [2.24, 2.45) is 0 Å². The van der Waals surface area contributed by atoms with Gasteiger partial charge in [-0.3, -0.25) is 0 Å². The first-order valence-electron chi connectivity index (χ1n) is 5.44. The van der Waals surface area contributed by atoms with E-state index in [4.69, 9.17) is 21.4 Å². The first kappa shape index (κ1) is 13.9. The Hall–Kier alpha value is -1.52. The Morgan fingerprint density at radius 2 is 1.89 bits per heavy atom. The minimum absolute atomic E-state index is 0.0750. The summed E-state index contributed by atoms with van der Waals surface area (Å²) in [5.74, 6) is -0.377. The Morgan fingerprint density at radius 1 is 1.21 bits per heavy atom. The number of halogens is 2. The predicted octanol–water partition coefficient (Wildman–Crippen LogP) is 4.90. The highest BCUT2D eigenvalue weighted by atomic mass is 79.9. The molecule has 0 spiro atoms. The van der Waals surface area contributed by atoms with Crippen LogP contribution in [0.15, 0.2) is 40.9 Å². The van der Waals surface area contributed by atoms with Gasteiger partial charge < -0.3 is 9.84 Å². The van der Waals surface area contributed by atoms with E-state index in [2.05, 4.69) is 15.9 Å². The average Bonchev–Trinajstić information content (AvgIpc) is 2.34. The van der Waals surface area contributed by atoms with Crippen LogP contribution in [0.5, 0.6) is 11.5 Å². The van der Waals surface area contributed by atoms with Crippen molar-refractivity contribution >= 4 is 33.5 Å². The van der Waals surface area contributed by atoms with Crippen LogP contribution < -0.4 is 4.74 Å². The summed E-state index contributed by atoms with van der Waals surface area (Å²) in [6.07, 6.45) is 0. The van der Waals surface area contributed by atoms with E-state index in [1.54, 1.807) is 24.3 Å². The Bertz CT molecular complexity index is 641. The lowest BCUT2D eigenvalue weighted by atomic mass is 10.2. The standard InChI is InChI=1S/C14H10BrClO3/c1-8-2-4-13(11(16)6-8)19-12-5-3-9(15)7-10(12)14(17)18/h2-7H,1H3,(H,17,18). The zero-order chi connectivity index (χ0) is 14.0. The van der Waals surface area contributed by atoms with E-state index in [0.717, 1.165) is 5.56 Å². The number of aromatic carboxylic acids is 1. The lowest BCUT2D eigenvalue weighted by Gasteiger charge is -2.10. The van der Waals surface area contributed by atoms with Crippen LogP contribution in [0.1, 0.15) is 15.9 Å². The van der Waals surface area contributed by atoms with Crippen molar-refractivity contribution in [3.05, 3.63) is 57.0 Å². The summed E-state index contributed by atoms with van der Waals surface area (Å²) in [6.45, 7) is 1.91. The molecule has 2 rings (SSSR count). The maximum Gasteiger partial charge on any atom is 0.339 e. The van der Waals surface area contributed by atoms with Crippen molar-refractivity contribution in [2.75, 3.05) is 0 Å². The summed E-state index contributed by atoms with van der Waals surface area (Å²) in [7, 11) is 0. The minimum Gasteiger partial charge on any atom is -0.478 e. The van der Waals surface area contributed by atoms with Crippen molar-refractivity contribution in [2.45, 2.75) is 6.92 Å². The summed E-state index contributed by atoms with van der Waals surface area (Å²) in [4.78, 5) is 11.2. The van der Waals surface area contributed by atoms with Crippen LogP contribution in [0.4, 0.5) is 0 Å². The molecule has 0 amide bonds. The fraction of sp³-hybridized carbons (Fsp3) is 0.0714. The van der Waals surface area contributed by atoms with E-state index in [1.165, 1.54) is 6.07 Å². The molecule has 0 unspecified atom stereocenters. The lowest BCUT2D eigenvalue weighted by molar-refractivity contribution is 0.0694. The van der Waals surface area contributed by atoms with Crippen LogP contribution in [-0.4, -0.2) is 11.1 Å². The fourth-order valence-corrected chi connectivity index (χ4v) is 2.20. The number of aryl methyl sites for hydroxylation is 1. The second-order valence-electron chi connectivity index (χ2n) is 3.98. The van der Waals surface area contributed by atoms with E-state index < -0.39 is 5.97 Å². The van der Waals surface area contributed by atoms with Gasteiger partial charge in [0.15, 0.2) is 0 Å². The Morgan fingerprint density at radius 3 is 2.53 bits per heavy atom. The maximum atomic E-state index is 11.2. The summed E-state index contributed by atoms with van der Waals surface area (Å²) in [5, 5.41) is 9.59. The molecule has 0 aromatic heterocycles. The maximum absolute atomic E-state index is 11.2. The topological polar surface area (TPSA) is 46.5 Å². The molecule has 0 heterocycles. The summed E-state index contributed by atoms with van der Waals surface area (Å²) in [5.41, 5.74) is 1.08. The first-order valence-corrected chi connectivity index (χ1v) is 6.61. The molecule has 19 heavy (non-hydrogen) atoms. The molecule has 0 aliphatic carbocycles. The fourth-order valence-electron chi connectivity index (χ4n) is 1.57. The van der Waals surface area contributed by atoms with Crippen molar-refractivity contribution in [1.82, 2.24) is 0 Å². The second-order valence-corrected chi connectivity index (χ2v) is 5.30. The normalized spacial score (nSPS) is 10.3. The number of ether oxygens (including phenoxy) is 1. The molecule has 0 saturated heterocycles. The molecular formula is C14H10BrClO3. The van der Waals surface area contributed by atoms with Crippen molar-refractivity contribution in [1.29, 1.82) is 0 Å². The largest absolute Gasteiger partial charge is 0.478 e. The number of rotatable bonds is 3. The number of carboxylic acids is 1. The monoisotopic (exact) mass is 340 g/mol. The van der Waals surface area contributed by atoms with Gasteiger partial charge in [0.1, 0.15) is 17.1 Å². The smallest absolute Gasteiger partial charge is 0.339 e. The molecular weight excluding hydrogens is 332 g/mol. The van der Waals surface area contributed by atoms with Gasteiger partial charge >= 0.3 is 5.97 Å². The molecule has 3 nitrogen and oxygen atoms in total. The lowest BCUT2D eigenvalue weighted by Crippen LogP contribution is -2.00. The minimum atomic E-state index is -1.06. The van der Waals surface area contributed by atoms with Crippen LogP contribution >= 0.6 is 27.5 Å². The van der Waals surface area contributed by atoms with Crippen LogP contribution in [0.25, 0.3) is 0 Å². The van der Waals surface area contributed by atoms with Gasteiger partial charge in [-0.05, 0) is 42.8 Å². The molecule has 0 radical (unpaired) electrons. The zero-order valence-electron chi connectivity index (χ0n) is 9.98. The quantitative estimate of drug-likeness (QED) is 0.863. The molecule has 2 aromatic rings. The highest BCUT2D eigenvalue weighted by molar-refractivity contribution is 9.10. The number of benzene rings is 2. The van der Waals surface area contributed by atoms with E-state index in [-0.39, 0.29) is 11.3 Å². The number of hydrogen-bond acceptors (Lipinski definition) is 2. The van der Waals surface area contributed by atoms with Crippen molar-refractivity contribution in [3.63, 3.8) is 0 Å². The van der Waals surface area contributed by atoms with Crippen LogP contribution in [0, 0.1) is 6.92 Å². The number of carbonyl (C=O) groups is 1. The molecule has 0 fully saturated rings. The summed E-state index contributed by atoms with van der Waals surface area (Å²) < 4.78 is 6.25. The van der Waals surface area contributed by atoms with Crippen molar-refractivity contribution < 1.29 is 14.6 Å². The summed E-state index contributed by atoms with van der Waals surface area (Å²) in [6, 6.07) is 10.1. The second kappa shape index (κ2) is 5.63. The highest BCUT2D eigenvalue weighted by Gasteiger charge is 2.13. The predicted molar refractivity (Wildman–Crippen MR) is 77.4 cm³/mol. The molecule has 98 valence electrons. The molecule has 2 aromatic carbocycles. The van der Waals surface area contributed by atoms with Gasteiger partial charge in [-0.25, -0.2) is 4.79 Å². The third-order valence-corrected chi connectivity index (χ3v) is 3.27. The first-order chi connectivity index (χ1) is 8.97.